The number of halogens is 2. The third-order valence-electron chi connectivity index (χ3n) is 3.03. The van der Waals surface area contributed by atoms with E-state index >= 15 is 0 Å². The summed E-state index contributed by atoms with van der Waals surface area (Å²) in [5.74, 6) is -1.23. The van der Waals surface area contributed by atoms with E-state index in [0.29, 0.717) is 18.4 Å². The van der Waals surface area contributed by atoms with E-state index in [2.05, 4.69) is 0 Å². The molecule has 0 bridgehead atoms. The number of rotatable bonds is 6. The molecule has 0 aliphatic rings. The molecule has 1 aromatic rings. The second kappa shape index (κ2) is 6.25. The maximum atomic E-state index is 13.0. The summed E-state index contributed by atoms with van der Waals surface area (Å²) in [6, 6.07) is 3.31. The molecule has 0 aliphatic carbocycles. The summed E-state index contributed by atoms with van der Waals surface area (Å²) in [4.78, 5) is 0. The van der Waals surface area contributed by atoms with E-state index in [1.54, 1.807) is 7.11 Å². The minimum atomic E-state index is -0.624. The van der Waals surface area contributed by atoms with Gasteiger partial charge in [0.05, 0.1) is 11.7 Å². The maximum Gasteiger partial charge on any atom is 0.126 e. The van der Waals surface area contributed by atoms with Crippen LogP contribution in [0.3, 0.4) is 0 Å². The van der Waals surface area contributed by atoms with E-state index in [-0.39, 0.29) is 12.0 Å². The van der Waals surface area contributed by atoms with Gasteiger partial charge >= 0.3 is 0 Å². The first-order chi connectivity index (χ1) is 8.32. The molecule has 1 aromatic carbocycles. The lowest BCUT2D eigenvalue weighted by Crippen LogP contribution is -2.25. The summed E-state index contributed by atoms with van der Waals surface area (Å²) in [6.07, 6.45) is 0.830. The van der Waals surface area contributed by atoms with Crippen molar-refractivity contribution in [2.24, 2.45) is 0 Å². The highest BCUT2D eigenvalue weighted by Crippen LogP contribution is 2.19. The van der Waals surface area contributed by atoms with Gasteiger partial charge in [-0.15, -0.1) is 0 Å². The minimum absolute atomic E-state index is 0.245. The molecule has 0 aliphatic heterocycles. The number of aliphatic hydroxyl groups excluding tert-OH is 1. The number of ether oxygens (including phenoxy) is 1. The van der Waals surface area contributed by atoms with E-state index in [0.717, 1.165) is 6.07 Å². The van der Waals surface area contributed by atoms with Gasteiger partial charge in [-0.25, -0.2) is 8.78 Å². The number of hydrogen-bond donors (Lipinski definition) is 1. The average Bonchev–Trinajstić information content (AvgIpc) is 2.25. The quantitative estimate of drug-likeness (QED) is 0.849. The fourth-order valence-electron chi connectivity index (χ4n) is 1.72. The third-order valence-corrected chi connectivity index (χ3v) is 3.03. The number of hydrogen-bond acceptors (Lipinski definition) is 2. The molecule has 1 N–H and O–H groups in total. The second-order valence-electron chi connectivity index (χ2n) is 5.14. The van der Waals surface area contributed by atoms with E-state index < -0.39 is 17.7 Å². The highest BCUT2D eigenvalue weighted by Gasteiger charge is 2.18. The monoisotopic (exact) mass is 258 g/mol. The van der Waals surface area contributed by atoms with Crippen molar-refractivity contribution in [2.75, 3.05) is 7.11 Å². The van der Waals surface area contributed by atoms with Gasteiger partial charge in [0.25, 0.3) is 0 Å². The van der Waals surface area contributed by atoms with Crippen LogP contribution in [0.4, 0.5) is 8.78 Å². The van der Waals surface area contributed by atoms with Crippen molar-refractivity contribution < 1.29 is 18.6 Å². The zero-order valence-corrected chi connectivity index (χ0v) is 11.0. The molecule has 0 fully saturated rings. The van der Waals surface area contributed by atoms with E-state index in [9.17, 15) is 13.9 Å². The first kappa shape index (κ1) is 15.1. The number of methoxy groups -OCH3 is 1. The van der Waals surface area contributed by atoms with Crippen LogP contribution < -0.4 is 0 Å². The van der Waals surface area contributed by atoms with Crippen LogP contribution in [0.25, 0.3) is 0 Å². The number of benzene rings is 1. The van der Waals surface area contributed by atoms with Gasteiger partial charge in [0, 0.05) is 13.2 Å². The zero-order chi connectivity index (χ0) is 13.8. The van der Waals surface area contributed by atoms with Gasteiger partial charge in [-0.3, -0.25) is 0 Å². The number of aliphatic hydroxyl groups is 1. The fraction of sp³-hybridized carbons (Fsp3) is 0.571. The predicted octanol–water partition coefficient (Wildman–Crippen LogP) is 3.07. The van der Waals surface area contributed by atoms with Crippen LogP contribution >= 0.6 is 0 Å². The molecule has 102 valence electrons. The molecule has 4 heteroatoms. The Bertz CT molecular complexity index is 371. The molecular formula is C14H20F2O2. The van der Waals surface area contributed by atoms with Gasteiger partial charge in [0.2, 0.25) is 0 Å². The van der Waals surface area contributed by atoms with Gasteiger partial charge in [-0.05, 0) is 50.8 Å². The van der Waals surface area contributed by atoms with Crippen molar-refractivity contribution in [3.63, 3.8) is 0 Å². The molecule has 1 atom stereocenters. The van der Waals surface area contributed by atoms with Gasteiger partial charge in [-0.2, -0.15) is 0 Å². The van der Waals surface area contributed by atoms with E-state index in [4.69, 9.17) is 4.74 Å². The van der Waals surface area contributed by atoms with Crippen molar-refractivity contribution in [3.05, 3.63) is 35.4 Å². The molecular weight excluding hydrogens is 238 g/mol. The Balaban J connectivity index is 2.51. The summed E-state index contributed by atoms with van der Waals surface area (Å²) in [6.45, 7) is 3.86. The standard InChI is InChI=1S/C14H20F2O2/c1-14(2,18-3)5-4-13(17)8-10-6-11(15)9-12(16)7-10/h6-7,9,13,17H,4-5,8H2,1-3H3. The molecule has 0 saturated heterocycles. The van der Waals surface area contributed by atoms with E-state index in [1.807, 2.05) is 13.8 Å². The minimum Gasteiger partial charge on any atom is -0.393 e. The summed E-state index contributed by atoms with van der Waals surface area (Å²) < 4.78 is 31.2. The van der Waals surface area contributed by atoms with Gasteiger partial charge < -0.3 is 9.84 Å². The molecule has 0 radical (unpaired) electrons. The lowest BCUT2D eigenvalue weighted by Gasteiger charge is -2.24. The Morgan fingerprint density at radius 1 is 1.22 bits per heavy atom. The highest BCUT2D eigenvalue weighted by molar-refractivity contribution is 5.18. The van der Waals surface area contributed by atoms with E-state index in [1.165, 1.54) is 12.1 Å². The maximum absolute atomic E-state index is 13.0. The summed E-state index contributed by atoms with van der Waals surface area (Å²) >= 11 is 0. The van der Waals surface area contributed by atoms with Crippen molar-refractivity contribution in [1.82, 2.24) is 0 Å². The largest absolute Gasteiger partial charge is 0.393 e. The molecule has 0 aromatic heterocycles. The van der Waals surface area contributed by atoms with Crippen LogP contribution in [0.5, 0.6) is 0 Å². The normalized spacial score (nSPS) is 13.7. The lowest BCUT2D eigenvalue weighted by molar-refractivity contribution is 0.00305. The van der Waals surface area contributed by atoms with Gasteiger partial charge in [0.1, 0.15) is 11.6 Å². The Kier molecular flexibility index (Phi) is 5.23. The predicted molar refractivity (Wildman–Crippen MR) is 66.4 cm³/mol. The summed E-state index contributed by atoms with van der Waals surface area (Å²) in [5.41, 5.74) is 0.170. The molecule has 0 heterocycles. The highest BCUT2D eigenvalue weighted by atomic mass is 19.1. The SMILES string of the molecule is COC(C)(C)CCC(O)Cc1cc(F)cc(F)c1. The Labute approximate surface area is 107 Å². The molecule has 1 rings (SSSR count). The molecule has 2 nitrogen and oxygen atoms in total. The Morgan fingerprint density at radius 3 is 2.28 bits per heavy atom. The van der Waals surface area contributed by atoms with Crippen LogP contribution in [0, 0.1) is 11.6 Å². The van der Waals surface area contributed by atoms with Gasteiger partial charge in [-0.1, -0.05) is 0 Å². The molecule has 0 amide bonds. The Hall–Kier alpha value is -1.00. The van der Waals surface area contributed by atoms with Crippen molar-refractivity contribution >= 4 is 0 Å². The first-order valence-electron chi connectivity index (χ1n) is 6.00. The average molecular weight is 258 g/mol. The third kappa shape index (κ3) is 5.10. The van der Waals surface area contributed by atoms with Crippen LogP contribution in [-0.4, -0.2) is 23.9 Å². The molecule has 0 spiro atoms. The van der Waals surface area contributed by atoms with Crippen molar-refractivity contribution in [1.29, 1.82) is 0 Å². The van der Waals surface area contributed by atoms with Gasteiger partial charge in [0.15, 0.2) is 0 Å². The van der Waals surface area contributed by atoms with Crippen LogP contribution in [0.2, 0.25) is 0 Å². The van der Waals surface area contributed by atoms with Crippen molar-refractivity contribution in [3.8, 4) is 0 Å². The molecule has 0 saturated carbocycles. The van der Waals surface area contributed by atoms with Crippen molar-refractivity contribution in [2.45, 2.75) is 44.8 Å². The smallest absolute Gasteiger partial charge is 0.126 e. The summed E-state index contributed by atoms with van der Waals surface area (Å²) in [5, 5.41) is 9.84. The Morgan fingerprint density at radius 2 is 1.78 bits per heavy atom. The van der Waals surface area contributed by atoms with Crippen LogP contribution in [-0.2, 0) is 11.2 Å². The zero-order valence-electron chi connectivity index (χ0n) is 11.0. The molecule has 18 heavy (non-hydrogen) atoms. The van der Waals surface area contributed by atoms with Crippen LogP contribution in [0.15, 0.2) is 18.2 Å². The fourth-order valence-corrected chi connectivity index (χ4v) is 1.72. The second-order valence-corrected chi connectivity index (χ2v) is 5.14. The summed E-state index contributed by atoms with van der Waals surface area (Å²) in [7, 11) is 1.62. The molecule has 1 unspecified atom stereocenters. The first-order valence-corrected chi connectivity index (χ1v) is 6.00. The topological polar surface area (TPSA) is 29.5 Å². The van der Waals surface area contributed by atoms with Crippen LogP contribution in [0.1, 0.15) is 32.3 Å². The lowest BCUT2D eigenvalue weighted by atomic mass is 9.97.